The molecule has 2 aromatic carbocycles. The van der Waals surface area contributed by atoms with E-state index in [0.717, 1.165) is 18.1 Å². The van der Waals surface area contributed by atoms with Gasteiger partial charge >= 0.3 is 0 Å². The van der Waals surface area contributed by atoms with Crippen LogP contribution in [-0.2, 0) is 21.4 Å². The predicted octanol–water partition coefficient (Wildman–Crippen LogP) is 1.54. The van der Waals surface area contributed by atoms with Crippen LogP contribution < -0.4 is 9.50 Å². The Labute approximate surface area is 146 Å². The van der Waals surface area contributed by atoms with Crippen molar-refractivity contribution in [3.05, 3.63) is 48.0 Å². The molecule has 0 bridgehead atoms. The molecule has 2 rings (SSSR count). The summed E-state index contributed by atoms with van der Waals surface area (Å²) >= 11 is 1.12. The summed E-state index contributed by atoms with van der Waals surface area (Å²) < 4.78 is 49.7. The highest BCUT2D eigenvalue weighted by Gasteiger charge is 2.10. The Morgan fingerprint density at radius 2 is 1.62 bits per heavy atom. The first-order chi connectivity index (χ1) is 11.4. The van der Waals surface area contributed by atoms with E-state index in [1.807, 2.05) is 0 Å². The maximum absolute atomic E-state index is 12.3. The van der Waals surface area contributed by atoms with Gasteiger partial charge in [-0.3, -0.25) is 4.79 Å². The smallest absolute Gasteiger partial charge is 0.255 e. The molecule has 0 unspecified atom stereocenters. The van der Waals surface area contributed by atoms with Crippen LogP contribution in [0, 0.1) is 0 Å². The van der Waals surface area contributed by atoms with Crippen LogP contribution in [0.5, 0.6) is 5.75 Å². The number of nitrogens with one attached hydrogen (secondary N) is 1. The number of hydrogen-bond acceptors (Lipinski definition) is 7. The second-order valence-electron chi connectivity index (χ2n) is 4.48. The second-order valence-corrected chi connectivity index (χ2v) is 7.05. The number of hydrogen-bond donors (Lipinski definition) is 3. The molecule has 0 aliphatic heterocycles. The van der Waals surface area contributed by atoms with Crippen molar-refractivity contribution in [3.63, 3.8) is 0 Å². The standard InChI is InChI=1S/C14H13NO6S3/c1-22-21-11-4-2-3-9(5-11)14(16)15-10-6-12(23(17)18)8-13(7-10)24(19)20/h2-8,23-24H,1H3,(H,15,16). The lowest BCUT2D eigenvalue weighted by atomic mass is 10.2. The lowest BCUT2D eigenvalue weighted by Crippen LogP contribution is -2.12. The van der Waals surface area contributed by atoms with Gasteiger partial charge in [0.2, 0.25) is 0 Å². The molecule has 0 saturated carbocycles. The number of amides is 1. The van der Waals surface area contributed by atoms with Crippen LogP contribution in [0.3, 0.4) is 0 Å². The first-order valence-corrected chi connectivity index (χ1v) is 9.97. The van der Waals surface area contributed by atoms with E-state index in [9.17, 15) is 21.6 Å². The third kappa shape index (κ3) is 4.73. The van der Waals surface area contributed by atoms with E-state index in [2.05, 4.69) is 5.32 Å². The monoisotopic (exact) mass is 387 g/mol. The van der Waals surface area contributed by atoms with Crippen LogP contribution in [0.4, 0.5) is 5.69 Å². The first-order valence-electron chi connectivity index (χ1n) is 6.46. The van der Waals surface area contributed by atoms with Crippen molar-refractivity contribution in [2.24, 2.45) is 0 Å². The number of benzene rings is 2. The van der Waals surface area contributed by atoms with E-state index >= 15 is 0 Å². The van der Waals surface area contributed by atoms with Gasteiger partial charge in [0.15, 0.2) is 21.4 Å². The van der Waals surface area contributed by atoms with Crippen LogP contribution in [-0.4, -0.2) is 29.0 Å². The lowest BCUT2D eigenvalue weighted by Gasteiger charge is -2.08. The Kier molecular flexibility index (Phi) is 6.23. The van der Waals surface area contributed by atoms with E-state index in [-0.39, 0.29) is 21.0 Å². The number of anilines is 1. The topological polar surface area (TPSA) is 107 Å². The Hall–Kier alpha value is -2.04. The van der Waals surface area contributed by atoms with Crippen LogP contribution in [0.1, 0.15) is 10.4 Å². The normalized spacial score (nSPS) is 10.8. The van der Waals surface area contributed by atoms with Gasteiger partial charge in [0, 0.05) is 17.5 Å². The first kappa shape index (κ1) is 18.3. The largest absolute Gasteiger partial charge is 0.426 e. The molecule has 0 radical (unpaired) electrons. The van der Waals surface area contributed by atoms with Crippen molar-refractivity contribution in [3.8, 4) is 5.75 Å². The number of rotatable bonds is 6. The molecule has 0 heterocycles. The van der Waals surface area contributed by atoms with E-state index in [1.165, 1.54) is 18.2 Å². The average molecular weight is 387 g/mol. The number of carbonyl (C=O) groups excluding carboxylic acids is 1. The summed E-state index contributed by atoms with van der Waals surface area (Å²) in [6, 6.07) is 9.78. The number of carbonyl (C=O) groups is 1. The minimum Gasteiger partial charge on any atom is -0.426 e. The van der Waals surface area contributed by atoms with E-state index < -0.39 is 27.3 Å². The molecule has 0 aliphatic rings. The summed E-state index contributed by atoms with van der Waals surface area (Å²) in [5, 5.41) is 2.48. The molecule has 24 heavy (non-hydrogen) atoms. The van der Waals surface area contributed by atoms with Crippen molar-refractivity contribution < 1.29 is 25.8 Å². The van der Waals surface area contributed by atoms with Gasteiger partial charge in [-0.2, -0.15) is 0 Å². The molecule has 7 nitrogen and oxygen atoms in total. The van der Waals surface area contributed by atoms with Crippen molar-refractivity contribution in [1.82, 2.24) is 0 Å². The highest BCUT2D eigenvalue weighted by molar-refractivity contribution is 7.94. The molecule has 0 fully saturated rings. The molecule has 2 aromatic rings. The van der Waals surface area contributed by atoms with Crippen LogP contribution in [0.25, 0.3) is 0 Å². The highest BCUT2D eigenvalue weighted by atomic mass is 32.2. The summed E-state index contributed by atoms with van der Waals surface area (Å²) in [6.07, 6.45) is 1.73. The SMILES string of the molecule is CSOc1cccc(C(=O)Nc2cc([SH](=O)=O)cc([SH](=O)=O)c2)c1. The van der Waals surface area contributed by atoms with E-state index in [0.29, 0.717) is 5.75 Å². The molecule has 0 saturated heterocycles. The molecule has 1 N–H and O–H groups in total. The summed E-state index contributed by atoms with van der Waals surface area (Å²) in [6.45, 7) is 0. The molecule has 128 valence electrons. The van der Waals surface area contributed by atoms with Gasteiger partial charge in [-0.25, -0.2) is 16.8 Å². The number of thiol groups is 2. The highest BCUT2D eigenvalue weighted by Crippen LogP contribution is 2.20. The van der Waals surface area contributed by atoms with Crippen molar-refractivity contribution in [2.45, 2.75) is 9.79 Å². The van der Waals surface area contributed by atoms with Crippen LogP contribution in [0.2, 0.25) is 0 Å². The summed E-state index contributed by atoms with van der Waals surface area (Å²) in [5.74, 6) is -0.0400. The zero-order valence-corrected chi connectivity index (χ0v) is 14.9. The predicted molar refractivity (Wildman–Crippen MR) is 92.1 cm³/mol. The Balaban J connectivity index is 2.33. The van der Waals surface area contributed by atoms with E-state index in [1.54, 1.807) is 24.5 Å². The fraction of sp³-hybridized carbons (Fsp3) is 0.0714. The van der Waals surface area contributed by atoms with Gasteiger partial charge in [0.25, 0.3) is 5.91 Å². The van der Waals surface area contributed by atoms with Crippen LogP contribution in [0.15, 0.2) is 52.3 Å². The minimum absolute atomic E-state index is 0.0714. The molecular formula is C14H13NO6S3. The fourth-order valence-corrected chi connectivity index (χ4v) is 3.24. The Morgan fingerprint density at radius 1 is 1.00 bits per heavy atom. The Bertz CT molecular complexity index is 864. The van der Waals surface area contributed by atoms with Crippen molar-refractivity contribution in [1.29, 1.82) is 0 Å². The van der Waals surface area contributed by atoms with Crippen molar-refractivity contribution in [2.75, 3.05) is 11.6 Å². The maximum Gasteiger partial charge on any atom is 0.255 e. The molecular weight excluding hydrogens is 374 g/mol. The Morgan fingerprint density at radius 3 is 2.17 bits per heavy atom. The zero-order chi connectivity index (χ0) is 17.7. The average Bonchev–Trinajstić information content (AvgIpc) is 2.55. The van der Waals surface area contributed by atoms with Gasteiger partial charge in [-0.05, 0) is 36.4 Å². The summed E-state index contributed by atoms with van der Waals surface area (Å²) in [7, 11) is -5.97. The third-order valence-electron chi connectivity index (χ3n) is 2.86. The van der Waals surface area contributed by atoms with Gasteiger partial charge in [-0.1, -0.05) is 6.07 Å². The van der Waals surface area contributed by atoms with E-state index in [4.69, 9.17) is 4.18 Å². The van der Waals surface area contributed by atoms with Crippen LogP contribution >= 0.6 is 12.0 Å². The molecule has 0 atom stereocenters. The molecule has 0 spiro atoms. The quantitative estimate of drug-likeness (QED) is 0.510. The van der Waals surface area contributed by atoms with Gasteiger partial charge in [0.05, 0.1) is 21.8 Å². The fourth-order valence-electron chi connectivity index (χ4n) is 1.87. The van der Waals surface area contributed by atoms with Crippen molar-refractivity contribution >= 4 is 45.0 Å². The molecule has 0 aromatic heterocycles. The molecule has 10 heteroatoms. The maximum atomic E-state index is 12.3. The van der Waals surface area contributed by atoms with Gasteiger partial charge in [-0.15, -0.1) is 0 Å². The summed E-state index contributed by atoms with van der Waals surface area (Å²) in [4.78, 5) is 11.9. The molecule has 0 aliphatic carbocycles. The zero-order valence-electron chi connectivity index (χ0n) is 12.3. The lowest BCUT2D eigenvalue weighted by molar-refractivity contribution is 0.102. The third-order valence-corrected chi connectivity index (χ3v) is 4.58. The summed E-state index contributed by atoms with van der Waals surface area (Å²) in [5.41, 5.74) is 0.355. The molecule has 1 amide bonds. The van der Waals surface area contributed by atoms with Gasteiger partial charge < -0.3 is 9.50 Å². The minimum atomic E-state index is -2.98. The second kappa shape index (κ2) is 8.18. The van der Waals surface area contributed by atoms with Gasteiger partial charge in [0.1, 0.15) is 5.75 Å².